The molecule has 0 saturated carbocycles. The molecule has 86 valence electrons. The van der Waals surface area contributed by atoms with Crippen molar-refractivity contribution in [2.24, 2.45) is 11.3 Å². The second kappa shape index (κ2) is 4.82. The highest BCUT2D eigenvalue weighted by atomic mass is 15.0. The van der Waals surface area contributed by atoms with Crippen LogP contribution in [0.3, 0.4) is 0 Å². The molecule has 15 heavy (non-hydrogen) atoms. The van der Waals surface area contributed by atoms with Crippen molar-refractivity contribution in [3.63, 3.8) is 0 Å². The number of rotatable bonds is 4. The molecule has 0 fully saturated rings. The zero-order chi connectivity index (χ0) is 11.5. The van der Waals surface area contributed by atoms with Gasteiger partial charge in [-0.25, -0.2) is 4.98 Å². The molecule has 1 aromatic rings. The molecular formula is C13H24N2. The van der Waals surface area contributed by atoms with Crippen LogP contribution in [0.15, 0.2) is 12.5 Å². The molecule has 0 amide bonds. The number of hydrogen-bond acceptors (Lipinski definition) is 1. The van der Waals surface area contributed by atoms with Crippen molar-refractivity contribution < 1.29 is 0 Å². The number of nitrogens with zero attached hydrogens (tertiary/aromatic N) is 2. The van der Waals surface area contributed by atoms with Crippen molar-refractivity contribution >= 4 is 0 Å². The monoisotopic (exact) mass is 208 g/mol. The molecule has 0 radical (unpaired) electrons. The fraction of sp³-hybridized carbons (Fsp3) is 0.769. The van der Waals surface area contributed by atoms with Crippen LogP contribution < -0.4 is 0 Å². The summed E-state index contributed by atoms with van der Waals surface area (Å²) in [5, 5.41) is 0. The topological polar surface area (TPSA) is 17.8 Å². The third-order valence-corrected chi connectivity index (χ3v) is 2.49. The van der Waals surface area contributed by atoms with E-state index in [1.165, 1.54) is 12.1 Å². The van der Waals surface area contributed by atoms with E-state index in [1.807, 2.05) is 12.5 Å². The summed E-state index contributed by atoms with van der Waals surface area (Å²) in [6.07, 6.45) is 6.32. The third-order valence-electron chi connectivity index (χ3n) is 2.49. The van der Waals surface area contributed by atoms with E-state index >= 15 is 0 Å². The molecule has 2 heteroatoms. The average Bonchev–Trinajstić information content (AvgIpc) is 2.46. The maximum atomic E-state index is 4.24. The fourth-order valence-electron chi connectivity index (χ4n) is 1.62. The van der Waals surface area contributed by atoms with Crippen molar-refractivity contribution in [3.8, 4) is 0 Å². The largest absolute Gasteiger partial charge is 0.334 e. The summed E-state index contributed by atoms with van der Waals surface area (Å²) in [4.78, 5) is 4.24. The van der Waals surface area contributed by atoms with Crippen LogP contribution in [0.2, 0.25) is 0 Å². The number of aromatic nitrogens is 2. The quantitative estimate of drug-likeness (QED) is 0.740. The summed E-state index contributed by atoms with van der Waals surface area (Å²) in [6.45, 7) is 12.4. The molecule has 2 nitrogen and oxygen atoms in total. The smallest absolute Gasteiger partial charge is 0.0948 e. The minimum absolute atomic E-state index is 0.410. The summed E-state index contributed by atoms with van der Waals surface area (Å²) in [6, 6.07) is 0. The summed E-state index contributed by atoms with van der Waals surface area (Å²) < 4.78 is 2.29. The van der Waals surface area contributed by atoms with E-state index in [0.717, 1.165) is 13.0 Å². The zero-order valence-corrected chi connectivity index (χ0v) is 10.7. The van der Waals surface area contributed by atoms with Crippen molar-refractivity contribution in [2.75, 3.05) is 0 Å². The molecule has 0 aliphatic carbocycles. The van der Waals surface area contributed by atoms with Crippen molar-refractivity contribution in [2.45, 2.75) is 54.0 Å². The van der Waals surface area contributed by atoms with E-state index in [1.54, 1.807) is 0 Å². The van der Waals surface area contributed by atoms with Crippen LogP contribution in [0.25, 0.3) is 0 Å². The molecule has 0 saturated heterocycles. The standard InChI is InChI=1S/C13H24N2/c1-11(2)9-15-10-14-8-12(15)6-7-13(3,4)5/h8,10-11H,6-7,9H2,1-5H3. The van der Waals surface area contributed by atoms with Crippen molar-refractivity contribution in [1.82, 2.24) is 9.55 Å². The fourth-order valence-corrected chi connectivity index (χ4v) is 1.62. The molecule has 0 aromatic carbocycles. The third kappa shape index (κ3) is 4.50. The SMILES string of the molecule is CC(C)Cn1cncc1CCC(C)(C)C. The average molecular weight is 208 g/mol. The second-order valence-electron chi connectivity index (χ2n) is 5.99. The summed E-state index contributed by atoms with van der Waals surface area (Å²) in [5.41, 5.74) is 1.78. The van der Waals surface area contributed by atoms with Gasteiger partial charge in [-0.1, -0.05) is 34.6 Å². The molecule has 0 aliphatic heterocycles. The van der Waals surface area contributed by atoms with Gasteiger partial charge in [-0.2, -0.15) is 0 Å². The Bertz CT molecular complexity index is 292. The highest BCUT2D eigenvalue weighted by molar-refractivity contribution is 4.99. The predicted molar refractivity (Wildman–Crippen MR) is 64.8 cm³/mol. The molecule has 1 rings (SSSR count). The predicted octanol–water partition coefficient (Wildman–Crippen LogP) is 3.52. The van der Waals surface area contributed by atoms with Gasteiger partial charge < -0.3 is 4.57 Å². The molecule has 0 atom stereocenters. The van der Waals surface area contributed by atoms with E-state index in [4.69, 9.17) is 0 Å². The lowest BCUT2D eigenvalue weighted by molar-refractivity contribution is 0.371. The molecule has 0 bridgehead atoms. The van der Waals surface area contributed by atoms with Crippen LogP contribution in [0.4, 0.5) is 0 Å². The lowest BCUT2D eigenvalue weighted by Gasteiger charge is -2.18. The van der Waals surface area contributed by atoms with Gasteiger partial charge in [0, 0.05) is 18.4 Å². The Kier molecular flexibility index (Phi) is 3.95. The van der Waals surface area contributed by atoms with Crippen LogP contribution in [0.5, 0.6) is 0 Å². The number of hydrogen-bond donors (Lipinski definition) is 0. The lowest BCUT2D eigenvalue weighted by Crippen LogP contribution is -2.11. The first-order valence-corrected chi connectivity index (χ1v) is 5.87. The van der Waals surface area contributed by atoms with Crippen molar-refractivity contribution in [1.29, 1.82) is 0 Å². The minimum atomic E-state index is 0.410. The Labute approximate surface area is 93.7 Å². The Morgan fingerprint density at radius 1 is 1.33 bits per heavy atom. The first-order chi connectivity index (χ1) is 6.88. The summed E-state index contributed by atoms with van der Waals surface area (Å²) in [7, 11) is 0. The summed E-state index contributed by atoms with van der Waals surface area (Å²) in [5.74, 6) is 0.688. The molecular weight excluding hydrogens is 184 g/mol. The molecule has 0 spiro atoms. The zero-order valence-electron chi connectivity index (χ0n) is 10.7. The van der Waals surface area contributed by atoms with Crippen LogP contribution >= 0.6 is 0 Å². The van der Waals surface area contributed by atoms with E-state index < -0.39 is 0 Å². The van der Waals surface area contributed by atoms with Crippen LogP contribution in [-0.4, -0.2) is 9.55 Å². The van der Waals surface area contributed by atoms with Gasteiger partial charge in [0.2, 0.25) is 0 Å². The maximum Gasteiger partial charge on any atom is 0.0948 e. The number of imidazole rings is 1. The Morgan fingerprint density at radius 3 is 2.53 bits per heavy atom. The van der Waals surface area contributed by atoms with E-state index in [2.05, 4.69) is 44.2 Å². The van der Waals surface area contributed by atoms with Gasteiger partial charge in [0.05, 0.1) is 6.33 Å². The molecule has 0 unspecified atom stereocenters. The molecule has 1 aromatic heterocycles. The van der Waals surface area contributed by atoms with Crippen LogP contribution in [0, 0.1) is 11.3 Å². The van der Waals surface area contributed by atoms with E-state index in [-0.39, 0.29) is 0 Å². The van der Waals surface area contributed by atoms with Gasteiger partial charge in [0.15, 0.2) is 0 Å². The lowest BCUT2D eigenvalue weighted by atomic mass is 9.90. The van der Waals surface area contributed by atoms with Gasteiger partial charge >= 0.3 is 0 Å². The first-order valence-electron chi connectivity index (χ1n) is 5.87. The van der Waals surface area contributed by atoms with Gasteiger partial charge in [0.1, 0.15) is 0 Å². The van der Waals surface area contributed by atoms with Gasteiger partial charge in [0.25, 0.3) is 0 Å². The Morgan fingerprint density at radius 2 is 2.00 bits per heavy atom. The summed E-state index contributed by atoms with van der Waals surface area (Å²) >= 11 is 0. The number of aryl methyl sites for hydroxylation is 1. The minimum Gasteiger partial charge on any atom is -0.334 e. The van der Waals surface area contributed by atoms with E-state index in [9.17, 15) is 0 Å². The molecule has 1 heterocycles. The Balaban J connectivity index is 2.57. The van der Waals surface area contributed by atoms with Crippen molar-refractivity contribution in [3.05, 3.63) is 18.2 Å². The molecule has 0 aliphatic rings. The van der Waals surface area contributed by atoms with E-state index in [0.29, 0.717) is 11.3 Å². The van der Waals surface area contributed by atoms with Crippen LogP contribution in [-0.2, 0) is 13.0 Å². The highest BCUT2D eigenvalue weighted by Crippen LogP contribution is 2.21. The highest BCUT2D eigenvalue weighted by Gasteiger charge is 2.12. The van der Waals surface area contributed by atoms with Gasteiger partial charge in [-0.3, -0.25) is 0 Å². The van der Waals surface area contributed by atoms with Crippen LogP contribution in [0.1, 0.15) is 46.7 Å². The maximum absolute atomic E-state index is 4.24. The van der Waals surface area contributed by atoms with Gasteiger partial charge in [-0.15, -0.1) is 0 Å². The molecule has 0 N–H and O–H groups in total. The second-order valence-corrected chi connectivity index (χ2v) is 5.99. The normalized spacial score (nSPS) is 12.4. The Hall–Kier alpha value is -0.790. The first kappa shape index (κ1) is 12.3. The van der Waals surface area contributed by atoms with Gasteiger partial charge in [-0.05, 0) is 24.2 Å².